The lowest BCUT2D eigenvalue weighted by molar-refractivity contribution is -0.113. The molecule has 4 aromatic rings. The highest BCUT2D eigenvalue weighted by atomic mass is 32.2. The Bertz CT molecular complexity index is 1280. The molecule has 29 heavy (non-hydrogen) atoms. The number of aromatic nitrogens is 3. The molecule has 0 saturated heterocycles. The third kappa shape index (κ3) is 3.31. The van der Waals surface area contributed by atoms with E-state index in [0.29, 0.717) is 21.6 Å². The molecule has 0 aliphatic heterocycles. The minimum absolute atomic E-state index is 0.130. The van der Waals surface area contributed by atoms with Gasteiger partial charge in [-0.1, -0.05) is 42.2 Å². The van der Waals surface area contributed by atoms with Crippen LogP contribution in [0, 0.1) is 17.2 Å². The molecular weight excluding hydrogens is 422 g/mol. The Hall–Kier alpha value is -2.41. The molecule has 1 unspecified atom stereocenters. The number of para-hydroxylation sites is 1. The number of thiazole rings is 1. The number of amides is 1. The van der Waals surface area contributed by atoms with Crippen LogP contribution in [0.5, 0.6) is 0 Å². The summed E-state index contributed by atoms with van der Waals surface area (Å²) >= 11 is 4.49. The van der Waals surface area contributed by atoms with Crippen LogP contribution in [0.2, 0.25) is 0 Å². The number of rotatable bonds is 4. The lowest BCUT2D eigenvalue weighted by Gasteiger charge is -2.17. The van der Waals surface area contributed by atoms with Gasteiger partial charge in [-0.05, 0) is 42.9 Å². The fraction of sp³-hybridized carbons (Fsp3) is 0.300. The molecule has 6 nitrogen and oxygen atoms in total. The fourth-order valence-corrected chi connectivity index (χ4v) is 6.84. The molecule has 0 saturated carbocycles. The Labute approximate surface area is 179 Å². The highest BCUT2D eigenvalue weighted by Crippen LogP contribution is 2.39. The number of fused-ring (bicyclic) bond motifs is 4. The number of thioether (sulfide) groups is 1. The summed E-state index contributed by atoms with van der Waals surface area (Å²) in [5.41, 5.74) is 2.82. The number of hydrogen-bond donors (Lipinski definition) is 1. The van der Waals surface area contributed by atoms with Crippen molar-refractivity contribution >= 4 is 60.5 Å². The molecule has 3 heterocycles. The molecule has 3 aromatic heterocycles. The second kappa shape index (κ2) is 7.44. The van der Waals surface area contributed by atoms with Gasteiger partial charge in [0.25, 0.3) is 0 Å². The number of benzene rings is 1. The number of nitriles is 1. The van der Waals surface area contributed by atoms with Gasteiger partial charge in [-0.25, -0.2) is 0 Å². The lowest BCUT2D eigenvalue weighted by atomic mass is 9.89. The van der Waals surface area contributed by atoms with Crippen LogP contribution in [0.3, 0.4) is 0 Å². The van der Waals surface area contributed by atoms with Crippen LogP contribution in [0.25, 0.3) is 15.2 Å². The number of nitrogens with zero attached hydrogens (tertiary/aromatic N) is 4. The van der Waals surface area contributed by atoms with E-state index in [1.165, 1.54) is 16.6 Å². The summed E-state index contributed by atoms with van der Waals surface area (Å²) in [6.07, 6.45) is 3.00. The number of anilines is 1. The Balaban J connectivity index is 1.34. The molecule has 5 rings (SSSR count). The Kier molecular flexibility index (Phi) is 4.78. The summed E-state index contributed by atoms with van der Waals surface area (Å²) in [5, 5.41) is 22.4. The van der Waals surface area contributed by atoms with Gasteiger partial charge in [0.1, 0.15) is 11.1 Å². The molecule has 1 aliphatic rings. The van der Waals surface area contributed by atoms with E-state index in [1.807, 2.05) is 22.6 Å². The summed E-state index contributed by atoms with van der Waals surface area (Å²) < 4.78 is 3.13. The summed E-state index contributed by atoms with van der Waals surface area (Å²) in [6.45, 7) is 2.23. The van der Waals surface area contributed by atoms with E-state index in [-0.39, 0.29) is 11.7 Å². The van der Waals surface area contributed by atoms with Crippen LogP contribution in [0.15, 0.2) is 29.4 Å². The van der Waals surface area contributed by atoms with Crippen LogP contribution >= 0.6 is 34.4 Å². The normalized spacial score (nSPS) is 16.1. The molecule has 1 atom stereocenters. The molecule has 1 amide bonds. The van der Waals surface area contributed by atoms with Crippen LogP contribution in [-0.4, -0.2) is 26.3 Å². The van der Waals surface area contributed by atoms with Gasteiger partial charge >= 0.3 is 0 Å². The zero-order valence-corrected chi connectivity index (χ0v) is 18.1. The zero-order valence-electron chi connectivity index (χ0n) is 15.6. The number of carbonyl (C=O) groups is 1. The zero-order chi connectivity index (χ0) is 20.0. The highest BCUT2D eigenvalue weighted by molar-refractivity contribution is 7.99. The van der Waals surface area contributed by atoms with Crippen molar-refractivity contribution in [2.24, 2.45) is 5.92 Å². The molecular formula is C20H17N5OS3. The van der Waals surface area contributed by atoms with Crippen molar-refractivity contribution in [3.8, 4) is 6.07 Å². The number of hydrogen-bond acceptors (Lipinski definition) is 7. The first kappa shape index (κ1) is 18.6. The van der Waals surface area contributed by atoms with Crippen molar-refractivity contribution in [3.05, 3.63) is 40.3 Å². The van der Waals surface area contributed by atoms with Crippen LogP contribution in [0.4, 0.5) is 5.00 Å². The SMILES string of the molecule is CC1CCc2c(sc(NC(=O)CSc3nnc4sc5ccccc5n34)c2C#N)C1. The van der Waals surface area contributed by atoms with Gasteiger partial charge in [-0.3, -0.25) is 9.20 Å². The van der Waals surface area contributed by atoms with E-state index < -0.39 is 0 Å². The largest absolute Gasteiger partial charge is 0.316 e. The molecule has 9 heteroatoms. The topological polar surface area (TPSA) is 83.1 Å². The van der Waals surface area contributed by atoms with Crippen LogP contribution in [0.1, 0.15) is 29.3 Å². The number of thiophene rings is 1. The van der Waals surface area contributed by atoms with E-state index in [9.17, 15) is 10.1 Å². The summed E-state index contributed by atoms with van der Waals surface area (Å²) in [5.74, 6) is 0.714. The second-order valence-corrected chi connectivity index (χ2v) is 10.2. The third-order valence-corrected chi connectivity index (χ3v) is 8.23. The van der Waals surface area contributed by atoms with Gasteiger partial charge in [0.05, 0.1) is 21.5 Å². The summed E-state index contributed by atoms with van der Waals surface area (Å²) in [6, 6.07) is 10.4. The predicted octanol–water partition coefficient (Wildman–Crippen LogP) is 4.73. The van der Waals surface area contributed by atoms with Crippen molar-refractivity contribution in [2.45, 2.75) is 31.3 Å². The molecule has 146 valence electrons. The minimum Gasteiger partial charge on any atom is -0.316 e. The van der Waals surface area contributed by atoms with Crippen molar-refractivity contribution < 1.29 is 4.79 Å². The molecule has 1 N–H and O–H groups in total. The quantitative estimate of drug-likeness (QED) is 0.465. The van der Waals surface area contributed by atoms with Crippen LogP contribution < -0.4 is 5.32 Å². The highest BCUT2D eigenvalue weighted by Gasteiger charge is 2.25. The maximum Gasteiger partial charge on any atom is 0.235 e. The first-order valence-electron chi connectivity index (χ1n) is 9.34. The lowest BCUT2D eigenvalue weighted by Crippen LogP contribution is -2.14. The van der Waals surface area contributed by atoms with Crippen molar-refractivity contribution in [1.82, 2.24) is 14.6 Å². The monoisotopic (exact) mass is 439 g/mol. The number of nitrogens with one attached hydrogen (secondary N) is 1. The maximum atomic E-state index is 12.6. The maximum absolute atomic E-state index is 12.6. The van der Waals surface area contributed by atoms with Gasteiger partial charge in [0, 0.05) is 4.88 Å². The summed E-state index contributed by atoms with van der Waals surface area (Å²) in [4.78, 5) is 14.7. The Morgan fingerprint density at radius 3 is 3.10 bits per heavy atom. The van der Waals surface area contributed by atoms with Gasteiger partial charge in [0.2, 0.25) is 10.9 Å². The second-order valence-electron chi connectivity index (χ2n) is 7.17. The van der Waals surface area contributed by atoms with Gasteiger partial charge in [-0.15, -0.1) is 21.5 Å². The molecule has 1 aliphatic carbocycles. The molecule has 0 spiro atoms. The molecule has 0 radical (unpaired) electrons. The van der Waals surface area contributed by atoms with Crippen molar-refractivity contribution in [2.75, 3.05) is 11.1 Å². The third-order valence-electron chi connectivity index (χ3n) is 5.12. The van der Waals surface area contributed by atoms with E-state index in [1.54, 1.807) is 22.7 Å². The molecule has 0 bridgehead atoms. The fourth-order valence-electron chi connectivity index (χ4n) is 3.70. The average molecular weight is 440 g/mol. The Morgan fingerprint density at radius 1 is 1.38 bits per heavy atom. The van der Waals surface area contributed by atoms with E-state index in [4.69, 9.17) is 0 Å². The van der Waals surface area contributed by atoms with Crippen molar-refractivity contribution in [1.29, 1.82) is 5.26 Å². The van der Waals surface area contributed by atoms with E-state index in [0.717, 1.165) is 40.0 Å². The van der Waals surface area contributed by atoms with Crippen LogP contribution in [-0.2, 0) is 17.6 Å². The Morgan fingerprint density at radius 2 is 2.24 bits per heavy atom. The number of carbonyl (C=O) groups excluding carboxylic acids is 1. The first-order chi connectivity index (χ1) is 14.1. The van der Waals surface area contributed by atoms with Gasteiger partial charge in [0.15, 0.2) is 5.16 Å². The predicted molar refractivity (Wildman–Crippen MR) is 118 cm³/mol. The van der Waals surface area contributed by atoms with E-state index in [2.05, 4.69) is 34.6 Å². The van der Waals surface area contributed by atoms with E-state index >= 15 is 0 Å². The molecule has 0 fully saturated rings. The van der Waals surface area contributed by atoms with Gasteiger partial charge in [-0.2, -0.15) is 5.26 Å². The van der Waals surface area contributed by atoms with Gasteiger partial charge < -0.3 is 5.32 Å². The average Bonchev–Trinajstić information content (AvgIpc) is 3.37. The minimum atomic E-state index is -0.130. The molecule has 1 aromatic carbocycles. The first-order valence-corrected chi connectivity index (χ1v) is 12.0. The van der Waals surface area contributed by atoms with Crippen molar-refractivity contribution in [3.63, 3.8) is 0 Å². The standard InChI is InChI=1S/C20H17N5OS3/c1-11-6-7-12-13(9-21)18(28-16(12)8-11)22-17(26)10-27-19-23-24-20-25(19)14-4-2-3-5-15(14)29-20/h2-5,11H,6-8,10H2,1H3,(H,22,26). The summed E-state index contributed by atoms with van der Waals surface area (Å²) in [7, 11) is 0. The smallest absolute Gasteiger partial charge is 0.235 e.